The molecule has 0 N–H and O–H groups in total. The quantitative estimate of drug-likeness (QED) is 0.302. The van der Waals surface area contributed by atoms with Crippen molar-refractivity contribution in [2.24, 2.45) is 5.92 Å². The molecule has 1 fully saturated rings. The third-order valence-electron chi connectivity index (χ3n) is 8.03. The van der Waals surface area contributed by atoms with Gasteiger partial charge in [0, 0.05) is 12.6 Å². The van der Waals surface area contributed by atoms with Crippen LogP contribution in [0.4, 0.5) is 54.8 Å². The predicted octanol–water partition coefficient (Wildman–Crippen LogP) is 9.37. The number of amides is 2. The van der Waals surface area contributed by atoms with E-state index in [2.05, 4.69) is 0 Å². The van der Waals surface area contributed by atoms with E-state index in [0.29, 0.717) is 25.0 Å². The van der Waals surface area contributed by atoms with E-state index in [1.807, 2.05) is 0 Å². The molecular formula is C30H31F9N2O4. The molecule has 2 atom stereocenters. The number of nitrogens with zero attached hydrogens (tertiary/aromatic N) is 2. The van der Waals surface area contributed by atoms with Crippen molar-refractivity contribution in [1.29, 1.82) is 0 Å². The molecule has 1 aliphatic carbocycles. The van der Waals surface area contributed by atoms with E-state index in [4.69, 9.17) is 9.47 Å². The number of fused-ring (bicyclic) bond motifs is 1. The second-order valence-electron chi connectivity index (χ2n) is 11.4. The summed E-state index contributed by atoms with van der Waals surface area (Å²) in [6, 6.07) is 1.34. The zero-order valence-electron chi connectivity index (χ0n) is 24.4. The molecule has 1 heterocycles. The van der Waals surface area contributed by atoms with Crippen LogP contribution in [0, 0.1) is 5.92 Å². The molecule has 248 valence electrons. The summed E-state index contributed by atoms with van der Waals surface area (Å²) in [5.74, 6) is -0.174. The fourth-order valence-electron chi connectivity index (χ4n) is 6.12. The van der Waals surface area contributed by atoms with Crippen LogP contribution in [0.5, 0.6) is 0 Å². The van der Waals surface area contributed by atoms with Gasteiger partial charge >= 0.3 is 30.7 Å². The smallest absolute Gasteiger partial charge is 0.416 e. The van der Waals surface area contributed by atoms with Crippen molar-refractivity contribution in [1.82, 2.24) is 4.90 Å². The molecule has 2 amide bonds. The lowest BCUT2D eigenvalue weighted by atomic mass is 9.82. The minimum atomic E-state index is -5.17. The molecule has 0 unspecified atom stereocenters. The van der Waals surface area contributed by atoms with E-state index < -0.39 is 77.7 Å². The summed E-state index contributed by atoms with van der Waals surface area (Å²) in [6.07, 6.45) is -15.1. The van der Waals surface area contributed by atoms with Gasteiger partial charge in [-0.1, -0.05) is 12.8 Å². The lowest BCUT2D eigenvalue weighted by Gasteiger charge is -2.46. The van der Waals surface area contributed by atoms with Gasteiger partial charge in [-0.15, -0.1) is 0 Å². The first-order chi connectivity index (χ1) is 20.8. The molecule has 0 aromatic heterocycles. The number of carbonyl (C=O) groups is 2. The van der Waals surface area contributed by atoms with Crippen LogP contribution in [0.25, 0.3) is 0 Å². The number of halogens is 9. The van der Waals surface area contributed by atoms with Crippen LogP contribution in [-0.4, -0.2) is 36.3 Å². The molecule has 0 spiro atoms. The largest absolute Gasteiger partial charge is 0.453 e. The maximum absolute atomic E-state index is 13.9. The first kappa shape index (κ1) is 34.2. The van der Waals surface area contributed by atoms with Gasteiger partial charge in [-0.3, -0.25) is 9.80 Å². The molecule has 2 aromatic rings. The number of rotatable bonds is 5. The molecule has 1 saturated carbocycles. The summed E-state index contributed by atoms with van der Waals surface area (Å²) >= 11 is 0. The highest BCUT2D eigenvalue weighted by atomic mass is 19.4. The van der Waals surface area contributed by atoms with Crippen molar-refractivity contribution in [3.8, 4) is 0 Å². The number of alkyl halides is 9. The van der Waals surface area contributed by atoms with Crippen LogP contribution in [0.3, 0.4) is 0 Å². The zero-order chi connectivity index (χ0) is 33.5. The second-order valence-corrected chi connectivity index (χ2v) is 11.4. The summed E-state index contributed by atoms with van der Waals surface area (Å²) < 4.78 is 134. The Hall–Kier alpha value is -3.65. The van der Waals surface area contributed by atoms with E-state index in [0.717, 1.165) is 43.1 Å². The number of methoxy groups -OCH3 is 1. The minimum absolute atomic E-state index is 0.0178. The molecule has 1 aliphatic heterocycles. The Morgan fingerprint density at radius 1 is 0.867 bits per heavy atom. The Morgan fingerprint density at radius 3 is 1.91 bits per heavy atom. The van der Waals surface area contributed by atoms with Gasteiger partial charge in [0.05, 0.1) is 41.6 Å². The van der Waals surface area contributed by atoms with Crippen LogP contribution in [-0.2, 0) is 34.5 Å². The Morgan fingerprint density at radius 2 is 1.42 bits per heavy atom. The highest BCUT2D eigenvalue weighted by Crippen LogP contribution is 2.48. The summed E-state index contributed by atoms with van der Waals surface area (Å²) in [5, 5.41) is 0. The third-order valence-corrected chi connectivity index (χ3v) is 8.03. The zero-order valence-corrected chi connectivity index (χ0v) is 24.4. The fourth-order valence-corrected chi connectivity index (χ4v) is 6.12. The van der Waals surface area contributed by atoms with Gasteiger partial charge in [0.2, 0.25) is 0 Å². The van der Waals surface area contributed by atoms with Crippen LogP contribution in [0.15, 0.2) is 36.4 Å². The van der Waals surface area contributed by atoms with E-state index >= 15 is 0 Å². The summed E-state index contributed by atoms with van der Waals surface area (Å²) in [7, 11) is 0.930. The van der Waals surface area contributed by atoms with Crippen LogP contribution in [0.2, 0.25) is 0 Å². The van der Waals surface area contributed by atoms with E-state index in [-0.39, 0.29) is 29.7 Å². The van der Waals surface area contributed by atoms with Gasteiger partial charge < -0.3 is 9.47 Å². The standard InChI is InChI=1S/C30H31F9N2O4/c1-16(2)45-27(43)41-23-9-8-19(28(31,32)33)13-22(23)25(14-24(41)18-6-4-5-7-18)40(26(42)44-3)15-17-10-20(29(34,35)36)12-21(11-17)30(37,38)39/h8-13,16,18,24-25H,4-7,14-15H2,1-3H3/t24-,25-/m1/s1. The number of hydrogen-bond donors (Lipinski definition) is 0. The Labute approximate surface area is 253 Å². The van der Waals surface area contributed by atoms with Crippen LogP contribution < -0.4 is 4.90 Å². The number of benzene rings is 2. The molecule has 15 heteroatoms. The normalized spacial score (nSPS) is 19.4. The van der Waals surface area contributed by atoms with E-state index in [9.17, 15) is 49.1 Å². The summed E-state index contributed by atoms with van der Waals surface area (Å²) in [5.41, 5.74) is -5.15. The Bertz CT molecular complexity index is 1370. The van der Waals surface area contributed by atoms with Crippen LogP contribution in [0.1, 0.15) is 79.8 Å². The second kappa shape index (κ2) is 12.6. The average molecular weight is 655 g/mol. The maximum atomic E-state index is 13.9. The van der Waals surface area contributed by atoms with Crippen molar-refractivity contribution in [2.45, 2.75) is 89.2 Å². The third kappa shape index (κ3) is 7.60. The first-order valence-corrected chi connectivity index (χ1v) is 14.1. The average Bonchev–Trinajstić information content (AvgIpc) is 3.47. The van der Waals surface area contributed by atoms with Crippen molar-refractivity contribution >= 4 is 17.9 Å². The molecular weight excluding hydrogens is 623 g/mol. The molecule has 2 aliphatic rings. The summed E-state index contributed by atoms with van der Waals surface area (Å²) in [4.78, 5) is 28.7. The van der Waals surface area contributed by atoms with Crippen molar-refractivity contribution in [2.75, 3.05) is 12.0 Å². The fraction of sp³-hybridized carbons (Fsp3) is 0.533. The minimum Gasteiger partial charge on any atom is -0.453 e. The predicted molar refractivity (Wildman–Crippen MR) is 143 cm³/mol. The van der Waals surface area contributed by atoms with Crippen molar-refractivity contribution in [3.63, 3.8) is 0 Å². The number of ether oxygens (including phenoxy) is 2. The molecule has 0 bridgehead atoms. The van der Waals surface area contributed by atoms with E-state index in [1.165, 1.54) is 4.90 Å². The van der Waals surface area contributed by atoms with Gasteiger partial charge in [0.1, 0.15) is 0 Å². The SMILES string of the molecule is COC(=O)N(Cc1cc(C(F)(F)F)cc(C(F)(F)F)c1)[C@@H]1C[C@H](C2CCCC2)N(C(=O)OC(C)C)c2ccc(C(F)(F)F)cc21. The number of anilines is 1. The molecule has 6 nitrogen and oxygen atoms in total. The summed E-state index contributed by atoms with van der Waals surface area (Å²) in [6.45, 7) is 2.31. The molecule has 0 radical (unpaired) electrons. The maximum Gasteiger partial charge on any atom is 0.416 e. The van der Waals surface area contributed by atoms with Gasteiger partial charge in [-0.25, -0.2) is 9.59 Å². The topological polar surface area (TPSA) is 59.1 Å². The number of hydrogen-bond acceptors (Lipinski definition) is 4. The van der Waals surface area contributed by atoms with Gasteiger partial charge in [-0.05, 0) is 86.6 Å². The van der Waals surface area contributed by atoms with Crippen molar-refractivity contribution < 1.29 is 58.6 Å². The Balaban J connectivity index is 1.91. The molecule has 45 heavy (non-hydrogen) atoms. The van der Waals surface area contributed by atoms with E-state index in [1.54, 1.807) is 13.8 Å². The molecule has 4 rings (SSSR count). The van der Waals surface area contributed by atoms with Crippen molar-refractivity contribution in [3.05, 3.63) is 64.2 Å². The lowest BCUT2D eigenvalue weighted by Crippen LogP contribution is -2.51. The Kier molecular flexibility index (Phi) is 9.60. The molecule has 2 aromatic carbocycles. The van der Waals surface area contributed by atoms with Gasteiger partial charge in [-0.2, -0.15) is 39.5 Å². The van der Waals surface area contributed by atoms with Gasteiger partial charge in [0.25, 0.3) is 0 Å². The monoisotopic (exact) mass is 654 g/mol. The van der Waals surface area contributed by atoms with Crippen LogP contribution >= 0.6 is 0 Å². The highest BCUT2D eigenvalue weighted by Gasteiger charge is 2.46. The lowest BCUT2D eigenvalue weighted by molar-refractivity contribution is -0.143. The first-order valence-electron chi connectivity index (χ1n) is 14.1. The highest BCUT2D eigenvalue weighted by molar-refractivity contribution is 5.91. The molecule has 0 saturated heterocycles. The number of carbonyl (C=O) groups excluding carboxylic acids is 2. The van der Waals surface area contributed by atoms with Gasteiger partial charge in [0.15, 0.2) is 0 Å².